The SMILES string of the molecule is C[C@H]1O[C@@H](n2cnc3c(N)ncnc32)[C@H](O)[C@H]1OCP(=O)(O)O. The quantitative estimate of drug-likeness (QED) is 0.515. The molecule has 3 heterocycles. The fourth-order valence-corrected chi connectivity index (χ4v) is 2.89. The molecular weight excluding hydrogens is 329 g/mol. The number of ether oxygens (including phenoxy) is 2. The third-order valence-electron chi connectivity index (χ3n) is 3.54. The number of fused-ring (bicyclic) bond motifs is 1. The molecule has 1 fully saturated rings. The van der Waals surface area contributed by atoms with E-state index in [9.17, 15) is 9.67 Å². The van der Waals surface area contributed by atoms with Gasteiger partial charge in [0.2, 0.25) is 0 Å². The van der Waals surface area contributed by atoms with Crippen molar-refractivity contribution >= 4 is 24.6 Å². The summed E-state index contributed by atoms with van der Waals surface area (Å²) >= 11 is 0. The lowest BCUT2D eigenvalue weighted by atomic mass is 10.1. The Kier molecular flexibility index (Phi) is 4.08. The van der Waals surface area contributed by atoms with Crippen LogP contribution < -0.4 is 5.73 Å². The molecule has 0 bridgehead atoms. The monoisotopic (exact) mass is 345 g/mol. The van der Waals surface area contributed by atoms with Crippen LogP contribution in [0.3, 0.4) is 0 Å². The van der Waals surface area contributed by atoms with Gasteiger partial charge in [0.15, 0.2) is 17.7 Å². The first kappa shape index (κ1) is 16.2. The molecule has 0 radical (unpaired) electrons. The van der Waals surface area contributed by atoms with Crippen LogP contribution in [0.25, 0.3) is 11.2 Å². The minimum Gasteiger partial charge on any atom is -0.386 e. The van der Waals surface area contributed by atoms with E-state index in [-0.39, 0.29) is 5.82 Å². The standard InChI is InChI=1S/C11H16N5O6P/c1-5-8(21-4-23(18,19)20)7(17)11(22-5)16-3-15-6-9(12)13-2-14-10(6)16/h2-3,5,7-8,11,17H,4H2,1H3,(H2,12,13,14)(H2,18,19,20)/t5-,7-,8+,11-/m1/s1. The molecule has 0 aromatic carbocycles. The maximum Gasteiger partial charge on any atom is 0.350 e. The smallest absolute Gasteiger partial charge is 0.350 e. The lowest BCUT2D eigenvalue weighted by Gasteiger charge is -2.19. The Labute approximate surface area is 130 Å². The second-order valence-corrected chi connectivity index (χ2v) is 6.82. The van der Waals surface area contributed by atoms with Gasteiger partial charge >= 0.3 is 7.60 Å². The number of imidazole rings is 1. The molecule has 126 valence electrons. The zero-order valence-corrected chi connectivity index (χ0v) is 12.9. The molecule has 0 unspecified atom stereocenters. The van der Waals surface area contributed by atoms with Crippen LogP contribution in [0.5, 0.6) is 0 Å². The number of hydrogen-bond acceptors (Lipinski definition) is 8. The van der Waals surface area contributed by atoms with E-state index in [0.717, 1.165) is 0 Å². The summed E-state index contributed by atoms with van der Waals surface area (Å²) in [7, 11) is -4.34. The topological polar surface area (TPSA) is 166 Å². The van der Waals surface area contributed by atoms with Gasteiger partial charge in [-0.05, 0) is 6.92 Å². The zero-order valence-electron chi connectivity index (χ0n) is 12.1. The Hall–Kier alpha value is -1.62. The highest BCUT2D eigenvalue weighted by molar-refractivity contribution is 7.51. The second-order valence-electron chi connectivity index (χ2n) is 5.23. The molecule has 0 aliphatic carbocycles. The van der Waals surface area contributed by atoms with Crippen molar-refractivity contribution in [2.75, 3.05) is 12.1 Å². The highest BCUT2D eigenvalue weighted by atomic mass is 31.2. The van der Waals surface area contributed by atoms with Crippen molar-refractivity contribution in [1.29, 1.82) is 0 Å². The summed E-state index contributed by atoms with van der Waals surface area (Å²) in [4.78, 5) is 29.8. The van der Waals surface area contributed by atoms with Crippen molar-refractivity contribution in [3.8, 4) is 0 Å². The lowest BCUT2D eigenvalue weighted by molar-refractivity contribution is -0.0308. The Morgan fingerprint density at radius 3 is 2.87 bits per heavy atom. The Balaban J connectivity index is 1.86. The van der Waals surface area contributed by atoms with Crippen molar-refractivity contribution in [2.24, 2.45) is 0 Å². The van der Waals surface area contributed by atoms with Gasteiger partial charge in [-0.1, -0.05) is 0 Å². The van der Waals surface area contributed by atoms with Crippen molar-refractivity contribution in [3.05, 3.63) is 12.7 Å². The van der Waals surface area contributed by atoms with E-state index >= 15 is 0 Å². The molecule has 23 heavy (non-hydrogen) atoms. The predicted octanol–water partition coefficient (Wildman–Crippen LogP) is -0.793. The van der Waals surface area contributed by atoms with Gasteiger partial charge in [0.25, 0.3) is 0 Å². The largest absolute Gasteiger partial charge is 0.386 e. The van der Waals surface area contributed by atoms with E-state index in [1.807, 2.05) is 0 Å². The number of nitrogens with zero attached hydrogens (tertiary/aromatic N) is 4. The molecule has 3 rings (SSSR count). The molecule has 1 aliphatic heterocycles. The normalized spacial score (nSPS) is 28.5. The van der Waals surface area contributed by atoms with E-state index < -0.39 is 38.5 Å². The predicted molar refractivity (Wildman–Crippen MR) is 77.1 cm³/mol. The molecule has 2 aromatic rings. The molecule has 12 heteroatoms. The van der Waals surface area contributed by atoms with Gasteiger partial charge in [-0.15, -0.1) is 0 Å². The fourth-order valence-electron chi connectivity index (χ4n) is 2.52. The van der Waals surface area contributed by atoms with Gasteiger partial charge in [-0.25, -0.2) is 15.0 Å². The number of aliphatic hydroxyl groups is 1. The van der Waals surface area contributed by atoms with E-state index in [1.54, 1.807) is 6.92 Å². The molecular formula is C11H16N5O6P. The van der Waals surface area contributed by atoms with Crippen LogP contribution in [0.2, 0.25) is 0 Å². The first-order valence-corrected chi connectivity index (χ1v) is 8.50. The summed E-state index contributed by atoms with van der Waals surface area (Å²) in [6.45, 7) is 1.63. The summed E-state index contributed by atoms with van der Waals surface area (Å²) in [6, 6.07) is 0. The number of rotatable bonds is 4. The summed E-state index contributed by atoms with van der Waals surface area (Å²) < 4.78 is 23.2. The summed E-state index contributed by atoms with van der Waals surface area (Å²) in [5, 5.41) is 10.4. The molecule has 0 saturated carbocycles. The van der Waals surface area contributed by atoms with Crippen molar-refractivity contribution in [1.82, 2.24) is 19.5 Å². The van der Waals surface area contributed by atoms with E-state index in [1.165, 1.54) is 17.2 Å². The Morgan fingerprint density at radius 2 is 2.17 bits per heavy atom. The summed E-state index contributed by atoms with van der Waals surface area (Å²) in [6.07, 6.45) is -1.64. The number of nitrogens with two attached hydrogens (primary N) is 1. The first-order chi connectivity index (χ1) is 10.8. The second kappa shape index (κ2) is 5.78. The Morgan fingerprint density at radius 1 is 1.43 bits per heavy atom. The number of nitrogen functional groups attached to an aromatic ring is 1. The summed E-state index contributed by atoms with van der Waals surface area (Å²) in [5.74, 6) is 0.198. The number of anilines is 1. The van der Waals surface area contributed by atoms with Crippen molar-refractivity contribution in [2.45, 2.75) is 31.5 Å². The van der Waals surface area contributed by atoms with Gasteiger partial charge in [-0.3, -0.25) is 9.13 Å². The molecule has 1 aliphatic rings. The van der Waals surface area contributed by atoms with E-state index in [0.29, 0.717) is 11.2 Å². The third-order valence-corrected chi connectivity index (χ3v) is 4.03. The van der Waals surface area contributed by atoms with E-state index in [2.05, 4.69) is 15.0 Å². The highest BCUT2D eigenvalue weighted by Gasteiger charge is 2.44. The van der Waals surface area contributed by atoms with Crippen LogP contribution in [-0.2, 0) is 14.0 Å². The van der Waals surface area contributed by atoms with Crippen LogP contribution >= 0.6 is 7.60 Å². The van der Waals surface area contributed by atoms with Crippen LogP contribution in [-0.4, -0.2) is 59.1 Å². The lowest BCUT2D eigenvalue weighted by Crippen LogP contribution is -2.33. The van der Waals surface area contributed by atoms with Crippen LogP contribution in [0.15, 0.2) is 12.7 Å². The van der Waals surface area contributed by atoms with Gasteiger partial charge in [0, 0.05) is 0 Å². The van der Waals surface area contributed by atoms with Crippen LogP contribution in [0.4, 0.5) is 5.82 Å². The maximum atomic E-state index is 10.9. The van der Waals surface area contributed by atoms with Gasteiger partial charge < -0.3 is 30.1 Å². The molecule has 11 nitrogen and oxygen atoms in total. The molecule has 1 saturated heterocycles. The number of aliphatic hydroxyl groups excluding tert-OH is 1. The van der Waals surface area contributed by atoms with Gasteiger partial charge in [0.1, 0.15) is 30.4 Å². The maximum absolute atomic E-state index is 10.9. The average Bonchev–Trinajstić information content (AvgIpc) is 2.99. The Bertz CT molecular complexity index is 762. The average molecular weight is 345 g/mol. The van der Waals surface area contributed by atoms with Crippen molar-refractivity contribution < 1.29 is 28.9 Å². The van der Waals surface area contributed by atoms with Gasteiger partial charge in [0.05, 0.1) is 12.4 Å². The van der Waals surface area contributed by atoms with Crippen LogP contribution in [0, 0.1) is 0 Å². The van der Waals surface area contributed by atoms with Crippen LogP contribution in [0.1, 0.15) is 13.2 Å². The highest BCUT2D eigenvalue weighted by Crippen LogP contribution is 2.38. The molecule has 0 spiro atoms. The third kappa shape index (κ3) is 3.07. The first-order valence-electron chi connectivity index (χ1n) is 6.70. The summed E-state index contributed by atoms with van der Waals surface area (Å²) in [5.41, 5.74) is 6.46. The minimum atomic E-state index is -4.34. The molecule has 4 atom stereocenters. The minimum absolute atomic E-state index is 0.198. The van der Waals surface area contributed by atoms with E-state index in [4.69, 9.17) is 25.0 Å². The zero-order chi connectivity index (χ0) is 16.8. The molecule has 2 aromatic heterocycles. The van der Waals surface area contributed by atoms with Gasteiger partial charge in [-0.2, -0.15) is 0 Å². The number of hydrogen-bond donors (Lipinski definition) is 4. The molecule has 0 amide bonds. The molecule has 5 N–H and O–H groups in total. The number of aromatic nitrogens is 4. The van der Waals surface area contributed by atoms with Crippen molar-refractivity contribution in [3.63, 3.8) is 0 Å². The fraction of sp³-hybridized carbons (Fsp3) is 0.545.